The Bertz CT molecular complexity index is 281. The molecule has 0 atom stereocenters. The van der Waals surface area contributed by atoms with Crippen molar-refractivity contribution in [1.29, 1.82) is 0 Å². The molecule has 0 aromatic heterocycles. The highest BCUT2D eigenvalue weighted by atomic mass is 32.2. The zero-order valence-electron chi connectivity index (χ0n) is 8.37. The molecule has 0 fully saturated rings. The van der Waals surface area contributed by atoms with E-state index in [1.165, 1.54) is 10.5 Å². The Balaban J connectivity index is 2.94. The van der Waals surface area contributed by atoms with E-state index in [0.29, 0.717) is 11.7 Å². The topological polar surface area (TPSA) is 20.2 Å². The molecule has 0 radical (unpaired) electrons. The molecule has 0 saturated carbocycles. The molecule has 0 amide bonds. The summed E-state index contributed by atoms with van der Waals surface area (Å²) in [5.41, 5.74) is 1.25. The van der Waals surface area contributed by atoms with Gasteiger partial charge in [-0.25, -0.2) is 0 Å². The van der Waals surface area contributed by atoms with E-state index < -0.39 is 0 Å². The van der Waals surface area contributed by atoms with Crippen molar-refractivity contribution in [3.05, 3.63) is 23.8 Å². The molecule has 1 N–H and O–H groups in total. The summed E-state index contributed by atoms with van der Waals surface area (Å²) >= 11 is 1.74. The Morgan fingerprint density at radius 1 is 1.38 bits per heavy atom. The van der Waals surface area contributed by atoms with E-state index in [1.807, 2.05) is 12.1 Å². The Labute approximate surface area is 84.2 Å². The number of hydrogen-bond donors (Lipinski definition) is 1. The van der Waals surface area contributed by atoms with Crippen LogP contribution < -0.4 is 0 Å². The maximum absolute atomic E-state index is 9.34. The average Bonchev–Trinajstić information content (AvgIpc) is 2.03. The minimum Gasteiger partial charge on any atom is -0.508 e. The predicted octanol–water partition coefficient (Wildman–Crippen LogP) is 3.31. The van der Waals surface area contributed by atoms with Gasteiger partial charge in [0.15, 0.2) is 0 Å². The second-order valence-electron chi connectivity index (χ2n) is 3.59. The SMILES string of the molecule is CSc1ccc(O)cc1CC(C)C. The van der Waals surface area contributed by atoms with Gasteiger partial charge in [-0.2, -0.15) is 0 Å². The highest BCUT2D eigenvalue weighted by Gasteiger charge is 2.04. The van der Waals surface area contributed by atoms with Gasteiger partial charge in [-0.1, -0.05) is 13.8 Å². The van der Waals surface area contributed by atoms with E-state index in [9.17, 15) is 5.11 Å². The molecule has 0 aliphatic heterocycles. The molecule has 1 aromatic rings. The molecular weight excluding hydrogens is 180 g/mol. The van der Waals surface area contributed by atoms with Crippen LogP contribution in [-0.2, 0) is 6.42 Å². The fraction of sp³-hybridized carbons (Fsp3) is 0.455. The molecule has 0 heterocycles. The lowest BCUT2D eigenvalue weighted by molar-refractivity contribution is 0.473. The number of benzene rings is 1. The van der Waals surface area contributed by atoms with E-state index >= 15 is 0 Å². The quantitative estimate of drug-likeness (QED) is 0.748. The van der Waals surface area contributed by atoms with Crippen LogP contribution >= 0.6 is 11.8 Å². The van der Waals surface area contributed by atoms with Gasteiger partial charge in [0.2, 0.25) is 0 Å². The fourth-order valence-corrected chi connectivity index (χ4v) is 1.97. The van der Waals surface area contributed by atoms with Crippen molar-refractivity contribution in [1.82, 2.24) is 0 Å². The normalized spacial score (nSPS) is 10.8. The fourth-order valence-electron chi connectivity index (χ4n) is 1.36. The first-order valence-electron chi connectivity index (χ1n) is 4.49. The van der Waals surface area contributed by atoms with E-state index in [0.717, 1.165) is 6.42 Å². The summed E-state index contributed by atoms with van der Waals surface area (Å²) in [5, 5.41) is 9.34. The van der Waals surface area contributed by atoms with Crippen LogP contribution in [0.5, 0.6) is 5.75 Å². The van der Waals surface area contributed by atoms with Crippen LogP contribution in [0.15, 0.2) is 23.1 Å². The van der Waals surface area contributed by atoms with Gasteiger partial charge in [-0.15, -0.1) is 11.8 Å². The number of rotatable bonds is 3. The highest BCUT2D eigenvalue weighted by molar-refractivity contribution is 7.98. The smallest absolute Gasteiger partial charge is 0.115 e. The Morgan fingerprint density at radius 3 is 2.62 bits per heavy atom. The summed E-state index contributed by atoms with van der Waals surface area (Å²) in [7, 11) is 0. The van der Waals surface area contributed by atoms with Crippen molar-refractivity contribution in [2.45, 2.75) is 25.2 Å². The lowest BCUT2D eigenvalue weighted by atomic mass is 10.0. The first-order valence-corrected chi connectivity index (χ1v) is 5.72. The predicted molar refractivity (Wildman–Crippen MR) is 58.4 cm³/mol. The van der Waals surface area contributed by atoms with Crippen LogP contribution in [0.25, 0.3) is 0 Å². The van der Waals surface area contributed by atoms with Crippen LogP contribution in [0.2, 0.25) is 0 Å². The molecule has 13 heavy (non-hydrogen) atoms. The van der Waals surface area contributed by atoms with E-state index in [1.54, 1.807) is 17.8 Å². The molecule has 0 spiro atoms. The first kappa shape index (κ1) is 10.5. The molecule has 72 valence electrons. The van der Waals surface area contributed by atoms with Crippen LogP contribution in [0.1, 0.15) is 19.4 Å². The second-order valence-corrected chi connectivity index (χ2v) is 4.44. The lowest BCUT2D eigenvalue weighted by Crippen LogP contribution is -1.95. The van der Waals surface area contributed by atoms with E-state index in [-0.39, 0.29) is 0 Å². The van der Waals surface area contributed by atoms with Gasteiger partial charge in [0.1, 0.15) is 5.75 Å². The molecule has 1 nitrogen and oxygen atoms in total. The van der Waals surface area contributed by atoms with Gasteiger partial charge >= 0.3 is 0 Å². The molecule has 0 bridgehead atoms. The number of phenols is 1. The Hall–Kier alpha value is -0.630. The number of phenolic OH excluding ortho intramolecular Hbond substituents is 1. The van der Waals surface area contributed by atoms with Crippen molar-refractivity contribution in [3.8, 4) is 5.75 Å². The zero-order valence-corrected chi connectivity index (χ0v) is 9.19. The van der Waals surface area contributed by atoms with Crippen LogP contribution in [0.4, 0.5) is 0 Å². The van der Waals surface area contributed by atoms with Crippen molar-refractivity contribution >= 4 is 11.8 Å². The van der Waals surface area contributed by atoms with Gasteiger partial charge in [-0.05, 0) is 42.4 Å². The summed E-state index contributed by atoms with van der Waals surface area (Å²) in [5.74, 6) is 1.00. The largest absolute Gasteiger partial charge is 0.508 e. The molecule has 2 heteroatoms. The molecule has 0 aliphatic carbocycles. The van der Waals surface area contributed by atoms with E-state index in [4.69, 9.17) is 0 Å². The molecule has 1 rings (SSSR count). The molecular formula is C11H16OS. The molecule has 1 aromatic carbocycles. The van der Waals surface area contributed by atoms with Crippen LogP contribution in [0.3, 0.4) is 0 Å². The van der Waals surface area contributed by atoms with Gasteiger partial charge in [0, 0.05) is 4.90 Å². The second kappa shape index (κ2) is 4.56. The molecule has 0 saturated heterocycles. The Kier molecular flexibility index (Phi) is 3.67. The number of aromatic hydroxyl groups is 1. The summed E-state index contributed by atoms with van der Waals surface area (Å²) in [4.78, 5) is 1.27. The van der Waals surface area contributed by atoms with Gasteiger partial charge in [0.05, 0.1) is 0 Å². The zero-order chi connectivity index (χ0) is 9.84. The monoisotopic (exact) mass is 196 g/mol. The third kappa shape index (κ3) is 2.96. The summed E-state index contributed by atoms with van der Waals surface area (Å²) in [6.45, 7) is 4.38. The summed E-state index contributed by atoms with van der Waals surface area (Å²) in [6, 6.07) is 5.60. The van der Waals surface area contributed by atoms with Gasteiger partial charge in [-0.3, -0.25) is 0 Å². The van der Waals surface area contributed by atoms with E-state index in [2.05, 4.69) is 20.1 Å². The first-order chi connectivity index (χ1) is 6.13. The maximum Gasteiger partial charge on any atom is 0.115 e. The molecule has 0 aliphatic rings. The lowest BCUT2D eigenvalue weighted by Gasteiger charge is -2.09. The Morgan fingerprint density at radius 2 is 2.08 bits per heavy atom. The van der Waals surface area contributed by atoms with Gasteiger partial charge < -0.3 is 5.11 Å². The van der Waals surface area contributed by atoms with Crippen molar-refractivity contribution < 1.29 is 5.11 Å². The highest BCUT2D eigenvalue weighted by Crippen LogP contribution is 2.26. The standard InChI is InChI=1S/C11H16OS/c1-8(2)6-9-7-10(12)4-5-11(9)13-3/h4-5,7-8,12H,6H2,1-3H3. The minimum absolute atomic E-state index is 0.369. The third-order valence-electron chi connectivity index (χ3n) is 1.89. The van der Waals surface area contributed by atoms with Crippen LogP contribution in [0, 0.1) is 5.92 Å². The van der Waals surface area contributed by atoms with Crippen molar-refractivity contribution in [3.63, 3.8) is 0 Å². The van der Waals surface area contributed by atoms with Crippen molar-refractivity contribution in [2.24, 2.45) is 5.92 Å². The van der Waals surface area contributed by atoms with Crippen LogP contribution in [-0.4, -0.2) is 11.4 Å². The third-order valence-corrected chi connectivity index (χ3v) is 2.73. The summed E-state index contributed by atoms with van der Waals surface area (Å²) < 4.78 is 0. The van der Waals surface area contributed by atoms with Gasteiger partial charge in [0.25, 0.3) is 0 Å². The number of hydrogen-bond acceptors (Lipinski definition) is 2. The van der Waals surface area contributed by atoms with Crippen molar-refractivity contribution in [2.75, 3.05) is 6.26 Å². The maximum atomic E-state index is 9.34. The average molecular weight is 196 g/mol. The minimum atomic E-state index is 0.369. The summed E-state index contributed by atoms with van der Waals surface area (Å²) in [6.07, 6.45) is 3.10. The molecule has 0 unspecified atom stereocenters. The number of thioether (sulfide) groups is 1.